The predicted octanol–water partition coefficient (Wildman–Crippen LogP) is 1.36. The molecule has 0 amide bonds. The number of aryl methyl sites for hydroxylation is 1. The molecule has 1 aliphatic rings. The molecule has 2 aromatic heterocycles. The molecular weight excluding hydrogens is 306 g/mol. The summed E-state index contributed by atoms with van der Waals surface area (Å²) in [5.41, 5.74) is 0.433. The molecule has 1 N–H and O–H groups in total. The number of hydrogen-bond acceptors (Lipinski definition) is 5. The summed E-state index contributed by atoms with van der Waals surface area (Å²) < 4.78 is 52.8. The van der Waals surface area contributed by atoms with Crippen molar-refractivity contribution in [3.8, 4) is 0 Å². The average Bonchev–Trinajstić information content (AvgIpc) is 3.00. The average molecular weight is 319 g/mol. The first-order valence-electron chi connectivity index (χ1n) is 6.63. The number of rotatable bonds is 2. The molecule has 10 heteroatoms. The summed E-state index contributed by atoms with van der Waals surface area (Å²) in [4.78, 5) is 8.80. The van der Waals surface area contributed by atoms with Crippen LogP contribution in [0.3, 0.4) is 0 Å². The molecule has 0 saturated carbocycles. The van der Waals surface area contributed by atoms with Crippen LogP contribution in [-0.2, 0) is 6.18 Å². The van der Waals surface area contributed by atoms with Gasteiger partial charge in [0.25, 0.3) is 11.6 Å². The first kappa shape index (κ1) is 14.9. The molecule has 2 atom stereocenters. The Hall–Kier alpha value is -1.97. The number of alkyl halides is 4. The molecule has 0 aromatic carbocycles. The molecule has 0 unspecified atom stereocenters. The number of anilines is 1. The van der Waals surface area contributed by atoms with Crippen LogP contribution in [0.15, 0.2) is 6.07 Å². The number of halogens is 4. The van der Waals surface area contributed by atoms with Crippen LogP contribution in [0, 0.1) is 6.92 Å². The standard InChI is InChI=1S/C12H13F4N5O/c1-6-2-9(20-4-7(13)3-8(20)5-22)21-11(17-6)18-10(19-21)12(14,15)16/h2,7-8,22H,3-5H2,1H3/t7-,8-/m0/s1. The molecule has 0 bridgehead atoms. The van der Waals surface area contributed by atoms with Gasteiger partial charge in [-0.3, -0.25) is 0 Å². The zero-order chi connectivity index (χ0) is 16.1. The zero-order valence-electron chi connectivity index (χ0n) is 11.5. The highest BCUT2D eigenvalue weighted by molar-refractivity contribution is 5.49. The molecule has 1 saturated heterocycles. The Labute approximate surface area is 122 Å². The largest absolute Gasteiger partial charge is 0.453 e. The van der Waals surface area contributed by atoms with Gasteiger partial charge in [0.2, 0.25) is 0 Å². The molecule has 0 radical (unpaired) electrons. The van der Waals surface area contributed by atoms with E-state index >= 15 is 0 Å². The van der Waals surface area contributed by atoms with E-state index in [4.69, 9.17) is 0 Å². The van der Waals surface area contributed by atoms with Crippen LogP contribution in [0.1, 0.15) is 17.9 Å². The van der Waals surface area contributed by atoms with Gasteiger partial charge in [0.1, 0.15) is 12.0 Å². The van der Waals surface area contributed by atoms with E-state index in [1.165, 1.54) is 11.0 Å². The minimum atomic E-state index is -4.69. The maximum atomic E-state index is 13.6. The predicted molar refractivity (Wildman–Crippen MR) is 68.3 cm³/mol. The molecule has 0 aliphatic carbocycles. The Kier molecular flexibility index (Phi) is 3.42. The molecule has 0 spiro atoms. The summed E-state index contributed by atoms with van der Waals surface area (Å²) in [5.74, 6) is -1.27. The van der Waals surface area contributed by atoms with E-state index in [2.05, 4.69) is 15.1 Å². The van der Waals surface area contributed by atoms with Crippen LogP contribution in [0.2, 0.25) is 0 Å². The smallest absolute Gasteiger partial charge is 0.394 e. The lowest BCUT2D eigenvalue weighted by atomic mass is 10.2. The Morgan fingerprint density at radius 2 is 2.09 bits per heavy atom. The van der Waals surface area contributed by atoms with Crippen molar-refractivity contribution in [3.63, 3.8) is 0 Å². The molecule has 3 rings (SSSR count). The minimum absolute atomic E-state index is 0.0228. The number of aliphatic hydroxyl groups excluding tert-OH is 1. The molecule has 1 fully saturated rings. The number of aromatic nitrogens is 4. The van der Waals surface area contributed by atoms with Gasteiger partial charge >= 0.3 is 6.18 Å². The van der Waals surface area contributed by atoms with Crippen molar-refractivity contribution in [2.75, 3.05) is 18.1 Å². The van der Waals surface area contributed by atoms with Gasteiger partial charge in [-0.2, -0.15) is 22.7 Å². The van der Waals surface area contributed by atoms with Crippen molar-refractivity contribution in [2.45, 2.75) is 31.7 Å². The van der Waals surface area contributed by atoms with Gasteiger partial charge in [0, 0.05) is 18.2 Å². The number of fused-ring (bicyclic) bond motifs is 1. The monoisotopic (exact) mass is 319 g/mol. The van der Waals surface area contributed by atoms with E-state index in [1.54, 1.807) is 6.92 Å². The lowest BCUT2D eigenvalue weighted by molar-refractivity contribution is -0.144. The van der Waals surface area contributed by atoms with Crippen molar-refractivity contribution in [2.24, 2.45) is 0 Å². The fourth-order valence-corrected chi connectivity index (χ4v) is 2.61. The summed E-state index contributed by atoms with van der Waals surface area (Å²) in [6.45, 7) is 1.28. The molecule has 120 valence electrons. The van der Waals surface area contributed by atoms with Gasteiger partial charge in [0.15, 0.2) is 0 Å². The molecule has 6 nitrogen and oxygen atoms in total. The van der Waals surface area contributed by atoms with Gasteiger partial charge in [-0.25, -0.2) is 9.37 Å². The molecule has 3 heterocycles. The van der Waals surface area contributed by atoms with E-state index in [1.807, 2.05) is 0 Å². The van der Waals surface area contributed by atoms with Crippen molar-refractivity contribution in [1.82, 2.24) is 19.6 Å². The van der Waals surface area contributed by atoms with Gasteiger partial charge in [-0.05, 0) is 6.92 Å². The van der Waals surface area contributed by atoms with Gasteiger partial charge < -0.3 is 10.0 Å². The quantitative estimate of drug-likeness (QED) is 0.847. The van der Waals surface area contributed by atoms with Crippen LogP contribution < -0.4 is 4.90 Å². The van der Waals surface area contributed by atoms with E-state index in [0.717, 1.165) is 4.52 Å². The Morgan fingerprint density at radius 1 is 1.36 bits per heavy atom. The van der Waals surface area contributed by atoms with E-state index < -0.39 is 24.2 Å². The van der Waals surface area contributed by atoms with Gasteiger partial charge in [-0.15, -0.1) is 5.10 Å². The SMILES string of the molecule is Cc1cc(N2C[C@@H](F)C[C@H]2CO)n2nc(C(F)(F)F)nc2n1. The van der Waals surface area contributed by atoms with Crippen LogP contribution in [-0.4, -0.2) is 50.1 Å². The van der Waals surface area contributed by atoms with Crippen LogP contribution in [0.25, 0.3) is 5.78 Å². The number of aliphatic hydroxyl groups is 1. The molecule has 2 aromatic rings. The highest BCUT2D eigenvalue weighted by atomic mass is 19.4. The number of nitrogens with zero attached hydrogens (tertiary/aromatic N) is 5. The molecule has 22 heavy (non-hydrogen) atoms. The molecule has 1 aliphatic heterocycles. The Bertz CT molecular complexity index is 701. The van der Waals surface area contributed by atoms with Crippen molar-refractivity contribution >= 4 is 11.6 Å². The van der Waals surface area contributed by atoms with Crippen molar-refractivity contribution in [3.05, 3.63) is 17.6 Å². The topological polar surface area (TPSA) is 66.5 Å². The Balaban J connectivity index is 2.14. The van der Waals surface area contributed by atoms with Crippen molar-refractivity contribution in [1.29, 1.82) is 0 Å². The minimum Gasteiger partial charge on any atom is -0.394 e. The first-order valence-corrected chi connectivity index (χ1v) is 6.63. The fraction of sp³-hybridized carbons (Fsp3) is 0.583. The third-order valence-electron chi connectivity index (χ3n) is 3.54. The van der Waals surface area contributed by atoms with E-state index in [9.17, 15) is 22.7 Å². The lowest BCUT2D eigenvalue weighted by Gasteiger charge is -2.25. The van der Waals surface area contributed by atoms with Crippen LogP contribution in [0.5, 0.6) is 0 Å². The zero-order valence-corrected chi connectivity index (χ0v) is 11.5. The van der Waals surface area contributed by atoms with Gasteiger partial charge in [-0.1, -0.05) is 0 Å². The second-order valence-corrected chi connectivity index (χ2v) is 5.22. The van der Waals surface area contributed by atoms with Crippen molar-refractivity contribution < 1.29 is 22.7 Å². The second-order valence-electron chi connectivity index (χ2n) is 5.22. The van der Waals surface area contributed by atoms with Gasteiger partial charge in [0.05, 0.1) is 19.2 Å². The van der Waals surface area contributed by atoms with E-state index in [0.29, 0.717) is 5.69 Å². The summed E-state index contributed by atoms with van der Waals surface area (Å²) in [6.07, 6.45) is -5.74. The summed E-state index contributed by atoms with van der Waals surface area (Å²) in [5, 5.41) is 12.8. The number of hydrogen-bond donors (Lipinski definition) is 1. The lowest BCUT2D eigenvalue weighted by Crippen LogP contribution is -2.34. The fourth-order valence-electron chi connectivity index (χ4n) is 2.61. The molecular formula is C12H13F4N5O. The van der Waals surface area contributed by atoms with Crippen LogP contribution in [0.4, 0.5) is 23.4 Å². The van der Waals surface area contributed by atoms with E-state index in [-0.39, 0.29) is 31.2 Å². The highest BCUT2D eigenvalue weighted by Crippen LogP contribution is 2.30. The van der Waals surface area contributed by atoms with Crippen LogP contribution >= 0.6 is 0 Å². The maximum absolute atomic E-state index is 13.6. The third-order valence-corrected chi connectivity index (χ3v) is 3.54. The Morgan fingerprint density at radius 3 is 2.73 bits per heavy atom. The first-order chi connectivity index (χ1) is 10.3. The third kappa shape index (κ3) is 2.47. The normalized spacial score (nSPS) is 22.7. The summed E-state index contributed by atoms with van der Waals surface area (Å²) in [7, 11) is 0. The summed E-state index contributed by atoms with van der Waals surface area (Å²) in [6, 6.07) is 0.987. The highest BCUT2D eigenvalue weighted by Gasteiger charge is 2.38. The second kappa shape index (κ2) is 5.04. The summed E-state index contributed by atoms with van der Waals surface area (Å²) >= 11 is 0. The maximum Gasteiger partial charge on any atom is 0.453 e.